The van der Waals surface area contributed by atoms with Crippen molar-refractivity contribution in [2.75, 3.05) is 12.4 Å². The van der Waals surface area contributed by atoms with E-state index >= 15 is 0 Å². The molecule has 2 aromatic carbocycles. The van der Waals surface area contributed by atoms with E-state index in [0.717, 1.165) is 0 Å². The standard InChI is InChI=1S/C24H20ClN3O6S/c1-2-35(32,33)22-12-19-20(13-26-22)27-14-28(23(19)29)8-9-34-21-7-6-17(25)11-18(21)15-4-3-5-16(10-15)24(30)31/h3-7,10-14H,2,8-9H2,1H3,(H,30,31). The first-order valence-electron chi connectivity index (χ1n) is 10.5. The highest BCUT2D eigenvalue weighted by atomic mass is 35.5. The average molecular weight is 514 g/mol. The molecular weight excluding hydrogens is 494 g/mol. The minimum absolute atomic E-state index is 0.0888. The first kappa shape index (κ1) is 24.4. The van der Waals surface area contributed by atoms with Gasteiger partial charge in [-0.1, -0.05) is 30.7 Å². The number of ether oxygens (including phenoxy) is 1. The van der Waals surface area contributed by atoms with Crippen molar-refractivity contribution in [3.63, 3.8) is 0 Å². The lowest BCUT2D eigenvalue weighted by Gasteiger charge is -2.14. The van der Waals surface area contributed by atoms with Gasteiger partial charge in [0.2, 0.25) is 0 Å². The van der Waals surface area contributed by atoms with Crippen LogP contribution in [0.5, 0.6) is 5.75 Å². The summed E-state index contributed by atoms with van der Waals surface area (Å²) in [6, 6.07) is 12.6. The molecule has 0 radical (unpaired) electrons. The third-order valence-corrected chi connectivity index (χ3v) is 7.19. The lowest BCUT2D eigenvalue weighted by Crippen LogP contribution is -2.24. The van der Waals surface area contributed by atoms with Crippen molar-refractivity contribution < 1.29 is 23.1 Å². The lowest BCUT2D eigenvalue weighted by molar-refractivity contribution is 0.0697. The molecule has 0 saturated carbocycles. The highest BCUT2D eigenvalue weighted by Crippen LogP contribution is 2.33. The molecule has 0 bridgehead atoms. The molecule has 0 aliphatic rings. The van der Waals surface area contributed by atoms with Gasteiger partial charge in [0, 0.05) is 10.6 Å². The topological polar surface area (TPSA) is 128 Å². The van der Waals surface area contributed by atoms with Crippen LogP contribution in [0, 0.1) is 0 Å². The molecule has 4 rings (SSSR count). The van der Waals surface area contributed by atoms with Crippen LogP contribution >= 0.6 is 11.6 Å². The summed E-state index contributed by atoms with van der Waals surface area (Å²) >= 11 is 6.16. The van der Waals surface area contributed by atoms with Crippen LogP contribution in [0.3, 0.4) is 0 Å². The molecule has 0 aliphatic heterocycles. The number of hydrogen-bond acceptors (Lipinski definition) is 7. The van der Waals surface area contributed by atoms with E-state index in [4.69, 9.17) is 16.3 Å². The number of halogens is 1. The van der Waals surface area contributed by atoms with Gasteiger partial charge in [0.15, 0.2) is 14.9 Å². The third kappa shape index (κ3) is 5.18. The van der Waals surface area contributed by atoms with E-state index in [9.17, 15) is 23.1 Å². The van der Waals surface area contributed by atoms with Gasteiger partial charge in [-0.2, -0.15) is 0 Å². The fraction of sp³-hybridized carbons (Fsp3) is 0.167. The largest absolute Gasteiger partial charge is 0.491 e. The van der Waals surface area contributed by atoms with Gasteiger partial charge in [-0.3, -0.25) is 9.36 Å². The van der Waals surface area contributed by atoms with E-state index in [1.807, 2.05) is 0 Å². The maximum Gasteiger partial charge on any atom is 0.335 e. The van der Waals surface area contributed by atoms with Gasteiger partial charge in [0.1, 0.15) is 12.4 Å². The zero-order valence-corrected chi connectivity index (χ0v) is 20.1. The summed E-state index contributed by atoms with van der Waals surface area (Å²) in [7, 11) is -3.57. The molecule has 180 valence electrons. The number of benzene rings is 2. The maximum absolute atomic E-state index is 12.9. The predicted molar refractivity (Wildman–Crippen MR) is 131 cm³/mol. The number of rotatable bonds is 8. The smallest absolute Gasteiger partial charge is 0.335 e. The Bertz CT molecular complexity index is 1600. The molecule has 4 aromatic rings. The van der Waals surface area contributed by atoms with E-state index < -0.39 is 21.4 Å². The second-order valence-electron chi connectivity index (χ2n) is 7.56. The average Bonchev–Trinajstić information content (AvgIpc) is 2.86. The van der Waals surface area contributed by atoms with Gasteiger partial charge in [0.25, 0.3) is 5.56 Å². The Morgan fingerprint density at radius 3 is 2.69 bits per heavy atom. The minimum atomic E-state index is -3.57. The summed E-state index contributed by atoms with van der Waals surface area (Å²) in [5.74, 6) is -0.726. The number of fused-ring (bicyclic) bond motifs is 1. The molecule has 2 aromatic heterocycles. The number of aromatic nitrogens is 3. The first-order valence-corrected chi connectivity index (χ1v) is 12.6. The summed E-state index contributed by atoms with van der Waals surface area (Å²) in [6.07, 6.45) is 2.62. The van der Waals surface area contributed by atoms with Crippen molar-refractivity contribution in [1.29, 1.82) is 0 Å². The Hall–Kier alpha value is -3.76. The van der Waals surface area contributed by atoms with Gasteiger partial charge in [-0.15, -0.1) is 0 Å². The molecule has 11 heteroatoms. The van der Waals surface area contributed by atoms with Crippen molar-refractivity contribution in [3.05, 3.63) is 82.0 Å². The zero-order chi connectivity index (χ0) is 25.2. The SMILES string of the molecule is CCS(=O)(=O)c1cc2c(=O)n(CCOc3ccc(Cl)cc3-c3cccc(C(=O)O)c3)cnc2cn1. The third-order valence-electron chi connectivity index (χ3n) is 5.34. The van der Waals surface area contributed by atoms with E-state index in [1.54, 1.807) is 30.3 Å². The van der Waals surface area contributed by atoms with Crippen molar-refractivity contribution in [2.24, 2.45) is 0 Å². The highest BCUT2D eigenvalue weighted by Gasteiger charge is 2.16. The summed E-state index contributed by atoms with van der Waals surface area (Å²) < 4.78 is 31.5. The fourth-order valence-electron chi connectivity index (χ4n) is 3.45. The Labute approximate surface area is 205 Å². The van der Waals surface area contributed by atoms with Crippen LogP contribution in [-0.2, 0) is 16.4 Å². The Morgan fingerprint density at radius 1 is 1.14 bits per heavy atom. The molecular formula is C24H20ClN3O6S. The second-order valence-corrected chi connectivity index (χ2v) is 10.2. The van der Waals surface area contributed by atoms with Gasteiger partial charge < -0.3 is 9.84 Å². The molecule has 9 nitrogen and oxygen atoms in total. The van der Waals surface area contributed by atoms with Gasteiger partial charge in [0.05, 0.1) is 41.3 Å². The summed E-state index contributed by atoms with van der Waals surface area (Å²) in [5.41, 5.74) is 1.22. The number of sulfone groups is 1. The van der Waals surface area contributed by atoms with Gasteiger partial charge in [-0.25, -0.2) is 23.2 Å². The van der Waals surface area contributed by atoms with Crippen LogP contribution in [0.2, 0.25) is 5.02 Å². The number of nitrogens with zero attached hydrogens (tertiary/aromatic N) is 3. The number of carboxylic acid groups (broad SMARTS) is 1. The van der Waals surface area contributed by atoms with E-state index in [2.05, 4.69) is 9.97 Å². The van der Waals surface area contributed by atoms with Crippen molar-refractivity contribution in [3.8, 4) is 16.9 Å². The van der Waals surface area contributed by atoms with Crippen molar-refractivity contribution >= 4 is 38.3 Å². The highest BCUT2D eigenvalue weighted by molar-refractivity contribution is 7.91. The Kier molecular flexibility index (Phi) is 6.86. The fourth-order valence-corrected chi connectivity index (χ4v) is 4.43. The second kappa shape index (κ2) is 9.85. The summed E-state index contributed by atoms with van der Waals surface area (Å²) in [6.45, 7) is 1.73. The number of carbonyl (C=O) groups is 1. The number of pyridine rings is 1. The molecule has 1 N–H and O–H groups in total. The summed E-state index contributed by atoms with van der Waals surface area (Å²) in [4.78, 5) is 32.4. The van der Waals surface area contributed by atoms with E-state index in [0.29, 0.717) is 27.4 Å². The predicted octanol–water partition coefficient (Wildman–Crippen LogP) is 3.68. The minimum Gasteiger partial charge on any atom is -0.491 e. The number of aromatic carboxylic acids is 1. The molecule has 0 saturated heterocycles. The molecule has 0 fully saturated rings. The quantitative estimate of drug-likeness (QED) is 0.378. The molecule has 0 atom stereocenters. The van der Waals surface area contributed by atoms with Crippen molar-refractivity contribution in [2.45, 2.75) is 18.5 Å². The van der Waals surface area contributed by atoms with Crippen LogP contribution in [0.15, 0.2) is 70.9 Å². The monoisotopic (exact) mass is 513 g/mol. The molecule has 0 unspecified atom stereocenters. The Morgan fingerprint density at radius 2 is 1.94 bits per heavy atom. The van der Waals surface area contributed by atoms with Crippen LogP contribution < -0.4 is 10.3 Å². The molecule has 0 amide bonds. The molecule has 0 spiro atoms. The van der Waals surface area contributed by atoms with Crippen LogP contribution in [0.1, 0.15) is 17.3 Å². The summed E-state index contributed by atoms with van der Waals surface area (Å²) in [5, 5.41) is 9.72. The normalized spacial score (nSPS) is 11.5. The number of hydrogen-bond donors (Lipinski definition) is 1. The molecule has 35 heavy (non-hydrogen) atoms. The van der Waals surface area contributed by atoms with Crippen LogP contribution in [0.4, 0.5) is 0 Å². The van der Waals surface area contributed by atoms with Crippen LogP contribution in [0.25, 0.3) is 22.0 Å². The molecule has 2 heterocycles. The maximum atomic E-state index is 12.9. The van der Waals surface area contributed by atoms with E-state index in [1.165, 1.54) is 42.2 Å². The number of carboxylic acids is 1. The zero-order valence-electron chi connectivity index (χ0n) is 18.5. The van der Waals surface area contributed by atoms with Gasteiger partial charge in [-0.05, 0) is 42.0 Å². The molecule has 0 aliphatic carbocycles. The Balaban J connectivity index is 1.59. The lowest BCUT2D eigenvalue weighted by atomic mass is 10.0. The van der Waals surface area contributed by atoms with Crippen molar-refractivity contribution in [1.82, 2.24) is 14.5 Å². The van der Waals surface area contributed by atoms with Crippen LogP contribution in [-0.4, -0.2) is 46.4 Å². The first-order chi connectivity index (χ1) is 16.7. The van der Waals surface area contributed by atoms with E-state index in [-0.39, 0.29) is 34.9 Å². The van der Waals surface area contributed by atoms with Gasteiger partial charge >= 0.3 is 5.97 Å².